The largest absolute Gasteiger partial charge is 0.370 e. The van der Waals surface area contributed by atoms with E-state index in [-0.39, 0.29) is 0 Å². The molecule has 0 unspecified atom stereocenters. The van der Waals surface area contributed by atoms with E-state index in [0.29, 0.717) is 0 Å². The number of pyridine rings is 1. The Balaban J connectivity index is 2.54. The summed E-state index contributed by atoms with van der Waals surface area (Å²) in [7, 11) is 0. The molecule has 0 spiro atoms. The Morgan fingerprint density at radius 1 is 1.50 bits per heavy atom. The second-order valence-corrected chi connectivity index (χ2v) is 2.11. The second kappa shape index (κ2) is 2.10. The van der Waals surface area contributed by atoms with Crippen LogP contribution in [-0.2, 0) is 6.54 Å². The van der Waals surface area contributed by atoms with Crippen LogP contribution in [0.5, 0.6) is 0 Å². The fourth-order valence-corrected chi connectivity index (χ4v) is 0.941. The summed E-state index contributed by atoms with van der Waals surface area (Å²) in [5.41, 5.74) is 1.99. The maximum absolute atomic E-state index is 4.14. The van der Waals surface area contributed by atoms with Crippen molar-refractivity contribution < 1.29 is 0 Å². The van der Waals surface area contributed by atoms with E-state index < -0.39 is 0 Å². The van der Waals surface area contributed by atoms with Crippen molar-refractivity contribution in [2.24, 2.45) is 4.99 Å². The van der Waals surface area contributed by atoms with Gasteiger partial charge in [0.2, 0.25) is 0 Å². The van der Waals surface area contributed by atoms with Gasteiger partial charge >= 0.3 is 0 Å². The van der Waals surface area contributed by atoms with E-state index >= 15 is 0 Å². The van der Waals surface area contributed by atoms with Gasteiger partial charge in [0.15, 0.2) is 0 Å². The van der Waals surface area contributed by atoms with Gasteiger partial charge in [0.05, 0.1) is 24.3 Å². The smallest absolute Gasteiger partial charge is 0.0890 e. The fraction of sp³-hybridized carbons (Fsp3) is 0.143. The Bertz CT molecular complexity index is 267. The van der Waals surface area contributed by atoms with Crippen molar-refractivity contribution in [2.75, 3.05) is 0 Å². The molecule has 0 atom stereocenters. The molecule has 0 amide bonds. The van der Waals surface area contributed by atoms with Crippen LogP contribution in [0.15, 0.2) is 23.3 Å². The van der Waals surface area contributed by atoms with E-state index in [9.17, 15) is 0 Å². The van der Waals surface area contributed by atoms with Crippen molar-refractivity contribution in [1.29, 1.82) is 0 Å². The molecule has 1 N–H and O–H groups in total. The average Bonchev–Trinajstić information content (AvgIpc) is 2.05. The monoisotopic (exact) mass is 133 g/mol. The van der Waals surface area contributed by atoms with Gasteiger partial charge in [-0.2, -0.15) is 0 Å². The number of nitrogens with zero attached hydrogens (tertiary/aromatic N) is 2. The van der Waals surface area contributed by atoms with Crippen LogP contribution in [-0.4, -0.2) is 11.3 Å². The minimum atomic E-state index is 0.791. The summed E-state index contributed by atoms with van der Waals surface area (Å²) in [6, 6.07) is 3.85. The third kappa shape index (κ3) is 0.757. The van der Waals surface area contributed by atoms with Crippen LogP contribution in [0.1, 0.15) is 5.69 Å². The van der Waals surface area contributed by atoms with Crippen LogP contribution in [0.3, 0.4) is 0 Å². The number of aliphatic imine (C=N–C) groups is 1. The fourth-order valence-electron chi connectivity index (χ4n) is 0.941. The normalized spacial score (nSPS) is 14.0. The number of nitrogens with one attached hydrogen (secondary N) is 1. The standard InChI is InChI=1S/C7H7N3/c1-2-6-7(9-3-1)4-8-5-10-6/h1-3,5H,4H2,(H,8,10). The molecular formula is C7H7N3. The summed E-state index contributed by atoms with van der Waals surface area (Å²) in [5, 5.41) is 2.99. The highest BCUT2D eigenvalue weighted by molar-refractivity contribution is 5.64. The first-order chi connectivity index (χ1) is 4.97. The predicted molar refractivity (Wildman–Crippen MR) is 39.2 cm³/mol. The van der Waals surface area contributed by atoms with Gasteiger partial charge in [0.25, 0.3) is 0 Å². The molecule has 0 saturated heterocycles. The highest BCUT2D eigenvalue weighted by atomic mass is 15.0. The number of aromatic nitrogens is 1. The van der Waals surface area contributed by atoms with Gasteiger partial charge in [-0.1, -0.05) is 0 Å². The van der Waals surface area contributed by atoms with Crippen LogP contribution in [0, 0.1) is 0 Å². The molecule has 1 aromatic heterocycles. The van der Waals surface area contributed by atoms with E-state index in [0.717, 1.165) is 17.9 Å². The summed E-state index contributed by atoms with van der Waals surface area (Å²) in [6.45, 7) is 0.791. The highest BCUT2D eigenvalue weighted by Crippen LogP contribution is 2.16. The molecule has 0 saturated carbocycles. The Morgan fingerprint density at radius 3 is 3.40 bits per heavy atom. The van der Waals surface area contributed by atoms with Gasteiger partial charge in [-0.25, -0.2) is 4.99 Å². The lowest BCUT2D eigenvalue weighted by Crippen LogP contribution is -2.14. The maximum atomic E-state index is 4.14. The van der Waals surface area contributed by atoms with Crippen molar-refractivity contribution in [1.82, 2.24) is 10.3 Å². The molecule has 0 aliphatic carbocycles. The second-order valence-electron chi connectivity index (χ2n) is 2.11. The molecule has 1 aromatic rings. The zero-order chi connectivity index (χ0) is 6.81. The average molecular weight is 133 g/mol. The summed E-state index contributed by atoms with van der Waals surface area (Å²) in [4.78, 5) is 8.24. The molecule has 3 heteroatoms. The van der Waals surface area contributed by atoms with Gasteiger partial charge in [0.1, 0.15) is 0 Å². The molecule has 10 heavy (non-hydrogen) atoms. The first kappa shape index (κ1) is 5.41. The minimum absolute atomic E-state index is 0.791. The van der Waals surface area contributed by atoms with Crippen LogP contribution in [0.4, 0.5) is 5.69 Å². The molecule has 1 aliphatic rings. The summed E-state index contributed by atoms with van der Waals surface area (Å²) in [5.74, 6) is 0. The Hall–Kier alpha value is -1.38. The molecule has 2 rings (SSSR count). The van der Waals surface area contributed by atoms with Crippen molar-refractivity contribution in [2.45, 2.75) is 6.54 Å². The van der Waals surface area contributed by atoms with E-state index in [4.69, 9.17) is 0 Å². The highest BCUT2D eigenvalue weighted by Gasteiger charge is 2.02. The van der Waals surface area contributed by atoms with Crippen molar-refractivity contribution in [3.05, 3.63) is 24.0 Å². The predicted octanol–water partition coefficient (Wildman–Crippen LogP) is 0.845. The van der Waals surface area contributed by atoms with Crippen LogP contribution in [0.25, 0.3) is 0 Å². The zero-order valence-electron chi connectivity index (χ0n) is 5.41. The third-order valence-electron chi connectivity index (χ3n) is 1.43. The topological polar surface area (TPSA) is 37.3 Å². The third-order valence-corrected chi connectivity index (χ3v) is 1.43. The Labute approximate surface area is 58.8 Å². The van der Waals surface area contributed by atoms with Gasteiger partial charge in [-0.05, 0) is 12.1 Å². The molecule has 3 nitrogen and oxygen atoms in total. The summed E-state index contributed by atoms with van der Waals surface area (Å²) in [6.07, 6.45) is 3.48. The van der Waals surface area contributed by atoms with Gasteiger partial charge in [-0.15, -0.1) is 0 Å². The molecular weight excluding hydrogens is 126 g/mol. The first-order valence-corrected chi connectivity index (χ1v) is 3.16. The molecule has 0 bridgehead atoms. The minimum Gasteiger partial charge on any atom is -0.370 e. The SMILES string of the molecule is C1=Nc2cccnc2CN1. The van der Waals surface area contributed by atoms with Gasteiger partial charge in [-0.3, -0.25) is 4.98 Å². The maximum Gasteiger partial charge on any atom is 0.0890 e. The zero-order valence-corrected chi connectivity index (χ0v) is 5.41. The number of hydrogen-bond acceptors (Lipinski definition) is 3. The lowest BCUT2D eigenvalue weighted by Gasteiger charge is -2.07. The summed E-state index contributed by atoms with van der Waals surface area (Å²) >= 11 is 0. The molecule has 1 aliphatic heterocycles. The van der Waals surface area contributed by atoms with Crippen molar-refractivity contribution in [3.8, 4) is 0 Å². The number of rotatable bonds is 0. The lowest BCUT2D eigenvalue weighted by atomic mass is 10.3. The van der Waals surface area contributed by atoms with Gasteiger partial charge in [0, 0.05) is 6.20 Å². The Morgan fingerprint density at radius 2 is 2.50 bits per heavy atom. The molecule has 2 heterocycles. The van der Waals surface area contributed by atoms with Crippen molar-refractivity contribution in [3.63, 3.8) is 0 Å². The molecule has 0 radical (unpaired) electrons. The number of fused-ring (bicyclic) bond motifs is 1. The van der Waals surface area contributed by atoms with E-state index in [2.05, 4.69) is 15.3 Å². The van der Waals surface area contributed by atoms with Crippen LogP contribution >= 0.6 is 0 Å². The molecule has 0 aromatic carbocycles. The molecule has 0 fully saturated rings. The van der Waals surface area contributed by atoms with Gasteiger partial charge < -0.3 is 5.32 Å². The first-order valence-electron chi connectivity index (χ1n) is 3.16. The number of hydrogen-bond donors (Lipinski definition) is 1. The Kier molecular flexibility index (Phi) is 1.13. The molecule has 50 valence electrons. The van der Waals surface area contributed by atoms with Crippen molar-refractivity contribution >= 4 is 12.0 Å². The lowest BCUT2D eigenvalue weighted by molar-refractivity contribution is 0.869. The van der Waals surface area contributed by atoms with E-state index in [1.165, 1.54) is 0 Å². The van der Waals surface area contributed by atoms with Crippen LogP contribution < -0.4 is 5.32 Å². The quantitative estimate of drug-likeness (QED) is 0.569. The van der Waals surface area contributed by atoms with E-state index in [1.54, 1.807) is 12.5 Å². The summed E-state index contributed by atoms with van der Waals surface area (Å²) < 4.78 is 0. The van der Waals surface area contributed by atoms with E-state index in [1.807, 2.05) is 12.1 Å². The van der Waals surface area contributed by atoms with Crippen LogP contribution in [0.2, 0.25) is 0 Å².